The van der Waals surface area contributed by atoms with Gasteiger partial charge in [0, 0.05) is 18.9 Å². The summed E-state index contributed by atoms with van der Waals surface area (Å²) in [6, 6.07) is 9.59. The Bertz CT molecular complexity index is 877. The van der Waals surface area contributed by atoms with Crippen LogP contribution in [0.4, 0.5) is 0 Å². The van der Waals surface area contributed by atoms with E-state index >= 15 is 0 Å². The van der Waals surface area contributed by atoms with Gasteiger partial charge in [-0.25, -0.2) is 4.68 Å². The molecule has 0 radical (unpaired) electrons. The number of aryl methyl sites for hydroxylation is 3. The lowest BCUT2D eigenvalue weighted by Crippen LogP contribution is -2.24. The van der Waals surface area contributed by atoms with Crippen LogP contribution in [-0.2, 0) is 19.8 Å². The van der Waals surface area contributed by atoms with E-state index in [9.17, 15) is 4.79 Å². The molecule has 2 aromatic heterocycles. The Labute approximate surface area is 152 Å². The molecule has 0 aliphatic heterocycles. The van der Waals surface area contributed by atoms with Gasteiger partial charge in [-0.2, -0.15) is 10.2 Å². The molecule has 0 saturated heterocycles. The second-order valence-electron chi connectivity index (χ2n) is 6.18. The molecule has 3 aromatic rings. The molecule has 0 unspecified atom stereocenters. The maximum absolute atomic E-state index is 12.2. The first kappa shape index (κ1) is 17.7. The Morgan fingerprint density at radius 1 is 1.08 bits per heavy atom. The van der Waals surface area contributed by atoms with E-state index < -0.39 is 0 Å². The van der Waals surface area contributed by atoms with Gasteiger partial charge >= 0.3 is 0 Å². The summed E-state index contributed by atoms with van der Waals surface area (Å²) in [5.74, 6) is 0.553. The summed E-state index contributed by atoms with van der Waals surface area (Å²) in [6.45, 7) is 7.50. The Morgan fingerprint density at radius 2 is 1.81 bits per heavy atom. The third kappa shape index (κ3) is 4.50. The second kappa shape index (κ2) is 7.86. The molecule has 136 valence electrons. The van der Waals surface area contributed by atoms with E-state index in [1.54, 1.807) is 16.9 Å². The molecule has 1 N–H and O–H groups in total. The van der Waals surface area contributed by atoms with Crippen molar-refractivity contribution in [2.75, 3.05) is 0 Å². The van der Waals surface area contributed by atoms with E-state index in [2.05, 4.69) is 21.6 Å². The van der Waals surface area contributed by atoms with Crippen LogP contribution in [0.2, 0.25) is 0 Å². The molecule has 0 aliphatic rings. The lowest BCUT2D eigenvalue weighted by atomic mass is 10.1. The van der Waals surface area contributed by atoms with Crippen LogP contribution >= 0.6 is 0 Å². The van der Waals surface area contributed by atoms with Gasteiger partial charge in [-0.05, 0) is 56.2 Å². The van der Waals surface area contributed by atoms with Gasteiger partial charge in [0.25, 0.3) is 5.91 Å². The number of rotatable bonds is 7. The van der Waals surface area contributed by atoms with Gasteiger partial charge in [-0.1, -0.05) is 6.07 Å². The summed E-state index contributed by atoms with van der Waals surface area (Å²) in [6.07, 6.45) is 3.62. The number of benzene rings is 1. The number of hydrogen-bond donors (Lipinski definition) is 1. The molecule has 0 atom stereocenters. The topological polar surface area (TPSA) is 74.0 Å². The summed E-state index contributed by atoms with van der Waals surface area (Å²) in [5.41, 5.74) is 3.46. The van der Waals surface area contributed by atoms with Crippen molar-refractivity contribution in [3.05, 3.63) is 65.2 Å². The van der Waals surface area contributed by atoms with Crippen molar-refractivity contribution in [2.24, 2.45) is 0 Å². The number of carbonyl (C=O) groups excluding carboxylic acids is 1. The average molecular weight is 353 g/mol. The minimum Gasteiger partial charge on any atom is -0.471 e. The van der Waals surface area contributed by atoms with Crippen LogP contribution < -0.4 is 10.1 Å². The fourth-order valence-electron chi connectivity index (χ4n) is 2.65. The van der Waals surface area contributed by atoms with Crippen molar-refractivity contribution in [3.8, 4) is 5.75 Å². The molecule has 1 amide bonds. The quantitative estimate of drug-likeness (QED) is 0.709. The molecule has 3 rings (SSSR count). The molecule has 1 aromatic carbocycles. The van der Waals surface area contributed by atoms with Crippen molar-refractivity contribution >= 4 is 5.91 Å². The van der Waals surface area contributed by atoms with Crippen LogP contribution in [0.25, 0.3) is 0 Å². The van der Waals surface area contributed by atoms with Crippen molar-refractivity contribution in [3.63, 3.8) is 0 Å². The monoisotopic (exact) mass is 353 g/mol. The first-order valence-electron chi connectivity index (χ1n) is 8.58. The van der Waals surface area contributed by atoms with Crippen LogP contribution in [0.3, 0.4) is 0 Å². The van der Waals surface area contributed by atoms with E-state index in [0.29, 0.717) is 12.2 Å². The molecular formula is C19H23N5O2. The Hall–Kier alpha value is -3.09. The number of amides is 1. The minimum atomic E-state index is -0.235. The number of ether oxygens (including phenoxy) is 1. The van der Waals surface area contributed by atoms with Gasteiger partial charge < -0.3 is 10.1 Å². The van der Waals surface area contributed by atoms with Crippen molar-refractivity contribution in [2.45, 2.75) is 40.6 Å². The van der Waals surface area contributed by atoms with Gasteiger partial charge in [0.05, 0.1) is 12.2 Å². The molecule has 7 heteroatoms. The lowest BCUT2D eigenvalue weighted by Gasteiger charge is -2.08. The Morgan fingerprint density at radius 3 is 2.50 bits per heavy atom. The van der Waals surface area contributed by atoms with Gasteiger partial charge in [0.2, 0.25) is 0 Å². The van der Waals surface area contributed by atoms with E-state index in [0.717, 1.165) is 29.1 Å². The zero-order valence-corrected chi connectivity index (χ0v) is 15.3. The lowest BCUT2D eigenvalue weighted by molar-refractivity contribution is 0.0943. The third-order valence-electron chi connectivity index (χ3n) is 3.88. The van der Waals surface area contributed by atoms with Crippen LogP contribution in [0, 0.1) is 13.8 Å². The number of nitrogens with one attached hydrogen (secondary N) is 1. The normalized spacial score (nSPS) is 10.7. The Kier molecular flexibility index (Phi) is 5.36. The number of hydrogen-bond acceptors (Lipinski definition) is 4. The van der Waals surface area contributed by atoms with Crippen LogP contribution in [0.15, 0.2) is 42.7 Å². The summed E-state index contributed by atoms with van der Waals surface area (Å²) >= 11 is 0. The summed E-state index contributed by atoms with van der Waals surface area (Å²) < 4.78 is 9.16. The van der Waals surface area contributed by atoms with E-state index in [1.807, 2.05) is 49.8 Å². The van der Waals surface area contributed by atoms with Gasteiger partial charge in [0.15, 0.2) is 6.73 Å². The SMILES string of the molecule is CCn1ccc(CNC(=O)c2ccn(COc3cc(C)cc(C)c3)n2)n1. The molecule has 0 bridgehead atoms. The van der Waals surface area contributed by atoms with Crippen molar-refractivity contribution in [1.82, 2.24) is 24.9 Å². The van der Waals surface area contributed by atoms with E-state index in [1.165, 1.54) is 0 Å². The van der Waals surface area contributed by atoms with Gasteiger partial charge in [0.1, 0.15) is 11.4 Å². The smallest absolute Gasteiger partial charge is 0.272 e. The summed E-state index contributed by atoms with van der Waals surface area (Å²) in [5, 5.41) is 11.4. The van der Waals surface area contributed by atoms with E-state index in [-0.39, 0.29) is 12.6 Å². The maximum Gasteiger partial charge on any atom is 0.272 e. The fourth-order valence-corrected chi connectivity index (χ4v) is 2.65. The molecule has 0 fully saturated rings. The number of nitrogens with zero attached hydrogens (tertiary/aromatic N) is 4. The highest BCUT2D eigenvalue weighted by Crippen LogP contribution is 2.16. The number of carbonyl (C=O) groups is 1. The fraction of sp³-hybridized carbons (Fsp3) is 0.316. The second-order valence-corrected chi connectivity index (χ2v) is 6.18. The third-order valence-corrected chi connectivity index (χ3v) is 3.88. The van der Waals surface area contributed by atoms with Crippen molar-refractivity contribution < 1.29 is 9.53 Å². The van der Waals surface area contributed by atoms with Crippen LogP contribution in [0.1, 0.15) is 34.2 Å². The predicted octanol–water partition coefficient (Wildman–Crippen LogP) is 2.68. The first-order valence-corrected chi connectivity index (χ1v) is 8.58. The molecule has 2 heterocycles. The number of aromatic nitrogens is 4. The van der Waals surface area contributed by atoms with Gasteiger partial charge in [-0.3, -0.25) is 9.48 Å². The largest absolute Gasteiger partial charge is 0.471 e. The van der Waals surface area contributed by atoms with Crippen molar-refractivity contribution in [1.29, 1.82) is 0 Å². The van der Waals surface area contributed by atoms with Crippen LogP contribution in [-0.4, -0.2) is 25.5 Å². The minimum absolute atomic E-state index is 0.235. The summed E-state index contributed by atoms with van der Waals surface area (Å²) in [7, 11) is 0. The van der Waals surface area contributed by atoms with Crippen LogP contribution in [0.5, 0.6) is 5.75 Å². The average Bonchev–Trinajstić information content (AvgIpc) is 3.26. The maximum atomic E-state index is 12.2. The highest BCUT2D eigenvalue weighted by molar-refractivity contribution is 5.92. The molecule has 0 saturated carbocycles. The molecule has 0 spiro atoms. The molecule has 0 aliphatic carbocycles. The molecule has 7 nitrogen and oxygen atoms in total. The summed E-state index contributed by atoms with van der Waals surface area (Å²) in [4.78, 5) is 12.2. The zero-order valence-electron chi connectivity index (χ0n) is 15.3. The van der Waals surface area contributed by atoms with E-state index in [4.69, 9.17) is 4.74 Å². The molecular weight excluding hydrogens is 330 g/mol. The standard InChI is InChI=1S/C19H23N5O2/c1-4-23-7-5-16(21-23)12-20-19(25)18-6-8-24(22-18)13-26-17-10-14(2)9-15(3)11-17/h5-11H,4,12-13H2,1-3H3,(H,20,25). The highest BCUT2D eigenvalue weighted by Gasteiger charge is 2.10. The zero-order chi connectivity index (χ0) is 18.5. The Balaban J connectivity index is 1.54. The highest BCUT2D eigenvalue weighted by atomic mass is 16.5. The van der Waals surface area contributed by atoms with Gasteiger partial charge in [-0.15, -0.1) is 0 Å². The predicted molar refractivity (Wildman–Crippen MR) is 97.8 cm³/mol. The molecule has 26 heavy (non-hydrogen) atoms. The first-order chi connectivity index (χ1) is 12.5.